The SMILES string of the molecule is Cc1cn([C@@H]2C[C@@H]3OP4(F)(OC[C@@H]3O2)Oc2c(cc(C(C)(C)C)cc2C(C)(C)C)C(C)c2cc(C(C)(C)C)cc(C(C)(C)C)c2O4)c(=O)[nH]c1=O. The van der Waals surface area contributed by atoms with Gasteiger partial charge >= 0.3 is 302 Å². The van der Waals surface area contributed by atoms with E-state index in [1.54, 1.807) is 6.92 Å². The number of nitrogens with zero attached hydrogens (tertiary/aromatic N) is 1. The Morgan fingerprint density at radius 3 is 1.71 bits per heavy atom. The van der Waals surface area contributed by atoms with Crippen LogP contribution in [0.5, 0.6) is 11.5 Å². The number of benzene rings is 2. The third-order valence-electron chi connectivity index (χ3n) is 10.4. The third-order valence-corrected chi connectivity index (χ3v) is 12.5. The molecule has 280 valence electrons. The van der Waals surface area contributed by atoms with Gasteiger partial charge in [-0.2, -0.15) is 0 Å². The van der Waals surface area contributed by atoms with E-state index < -0.39 is 48.3 Å². The van der Waals surface area contributed by atoms with Crippen LogP contribution in [0.2, 0.25) is 0 Å². The van der Waals surface area contributed by atoms with E-state index in [1.165, 1.54) is 10.8 Å². The molecule has 2 fully saturated rings. The van der Waals surface area contributed by atoms with Crippen LogP contribution >= 0.6 is 7.82 Å². The molecule has 6 rings (SSSR count). The number of aromatic nitrogens is 2. The zero-order valence-corrected chi connectivity index (χ0v) is 33.6. The molecule has 2 aromatic carbocycles. The molecule has 0 aliphatic carbocycles. The molecule has 2 saturated heterocycles. The third kappa shape index (κ3) is 6.82. The predicted octanol–water partition coefficient (Wildman–Crippen LogP) is 9.46. The summed E-state index contributed by atoms with van der Waals surface area (Å²) >= 11 is 0. The van der Waals surface area contributed by atoms with Crippen molar-refractivity contribution in [2.75, 3.05) is 6.61 Å². The molecule has 0 saturated carbocycles. The number of halogens is 1. The number of aromatic amines is 1. The van der Waals surface area contributed by atoms with Gasteiger partial charge in [0.05, 0.1) is 0 Å². The molecular weight excluding hydrogens is 670 g/mol. The van der Waals surface area contributed by atoms with Crippen molar-refractivity contribution < 1.29 is 27.0 Å². The Labute approximate surface area is 301 Å². The van der Waals surface area contributed by atoms with Gasteiger partial charge in [-0.25, -0.2) is 0 Å². The van der Waals surface area contributed by atoms with Gasteiger partial charge in [0, 0.05) is 0 Å². The molecule has 9 nitrogen and oxygen atoms in total. The molecule has 3 aliphatic rings. The molecule has 3 aromatic rings. The number of aryl methyl sites for hydroxylation is 1. The summed E-state index contributed by atoms with van der Waals surface area (Å²) < 4.78 is 52.5. The zero-order valence-electron chi connectivity index (χ0n) is 32.7. The van der Waals surface area contributed by atoms with Gasteiger partial charge in [0.15, 0.2) is 0 Å². The second-order valence-corrected chi connectivity index (χ2v) is 21.1. The first kappa shape index (κ1) is 37.7. The van der Waals surface area contributed by atoms with Gasteiger partial charge in [0.1, 0.15) is 0 Å². The van der Waals surface area contributed by atoms with E-state index in [2.05, 4.69) is 119 Å². The fourth-order valence-corrected chi connectivity index (χ4v) is 9.40. The van der Waals surface area contributed by atoms with E-state index in [1.807, 2.05) is 0 Å². The molecule has 1 N–H and O–H groups in total. The van der Waals surface area contributed by atoms with Crippen LogP contribution in [0.15, 0.2) is 40.1 Å². The summed E-state index contributed by atoms with van der Waals surface area (Å²) in [6.45, 7) is 29.1. The molecular formula is C40H56FN2O7P. The van der Waals surface area contributed by atoms with Crippen molar-refractivity contribution in [3.05, 3.63) is 90.2 Å². The van der Waals surface area contributed by atoms with Gasteiger partial charge in [0.25, 0.3) is 0 Å². The molecule has 1 aromatic heterocycles. The summed E-state index contributed by atoms with van der Waals surface area (Å²) in [6.07, 6.45) is -0.876. The molecule has 4 heterocycles. The summed E-state index contributed by atoms with van der Waals surface area (Å²) in [5, 5.41) is 0. The number of fused-ring (bicyclic) bond motifs is 3. The molecule has 3 atom stereocenters. The van der Waals surface area contributed by atoms with Gasteiger partial charge in [-0.05, 0) is 0 Å². The number of hydrogen-bond donors (Lipinski definition) is 1. The number of H-pyrrole nitrogens is 1. The normalized spacial score (nSPS) is 25.3. The summed E-state index contributed by atoms with van der Waals surface area (Å²) in [6, 6.07) is 8.49. The summed E-state index contributed by atoms with van der Waals surface area (Å²) in [5.41, 5.74) is 3.43. The maximum absolute atomic E-state index is 18.9. The van der Waals surface area contributed by atoms with Crippen LogP contribution < -0.4 is 20.3 Å². The standard InChI is InChI=1S/C40H56FN2O7P/c1-22-20-43(36(45)42-35(22)44)32-19-30-31(47-32)21-46-51(41,48-30)49-33-26(15-24(37(3,4)5)17-28(33)39(9,10)11)23(2)27-16-25(38(6,7)8)18-29(34(27)50-51)40(12,13)14/h15-18,20,23,30-32H,19,21H2,1-14H3,(H,42,44,45)/t30-,31-,32-/m0/s1. The number of ether oxygens (including phenoxy) is 1. The van der Waals surface area contributed by atoms with Crippen LogP contribution in [0.1, 0.15) is 148 Å². The fraction of sp³-hybridized carbons (Fsp3) is 0.600. The maximum atomic E-state index is 18.9. The Balaban J connectivity index is 1.61. The first-order valence-electron chi connectivity index (χ1n) is 18.0. The zero-order chi connectivity index (χ0) is 37.9. The van der Waals surface area contributed by atoms with E-state index in [0.29, 0.717) is 17.1 Å². The average molecular weight is 727 g/mol. The molecule has 0 unspecified atom stereocenters. The molecule has 3 aliphatic heterocycles. The minimum absolute atomic E-state index is 0.105. The van der Waals surface area contributed by atoms with Crippen LogP contribution in [-0.4, -0.2) is 28.4 Å². The van der Waals surface area contributed by atoms with Crippen LogP contribution in [0.3, 0.4) is 0 Å². The van der Waals surface area contributed by atoms with Crippen LogP contribution in [-0.2, 0) is 35.4 Å². The van der Waals surface area contributed by atoms with Crippen LogP contribution in [0, 0.1) is 6.92 Å². The van der Waals surface area contributed by atoms with Gasteiger partial charge in [0.2, 0.25) is 0 Å². The Kier molecular flexibility index (Phi) is 8.67. The first-order chi connectivity index (χ1) is 23.2. The van der Waals surface area contributed by atoms with Crippen molar-refractivity contribution in [2.45, 2.75) is 149 Å². The van der Waals surface area contributed by atoms with Gasteiger partial charge < -0.3 is 0 Å². The van der Waals surface area contributed by atoms with E-state index in [0.717, 1.165) is 33.4 Å². The Bertz CT molecular complexity index is 1920. The average Bonchev–Trinajstić information content (AvgIpc) is 3.38. The second-order valence-electron chi connectivity index (χ2n) is 18.8. The van der Waals surface area contributed by atoms with Crippen LogP contribution in [0.4, 0.5) is 4.20 Å². The van der Waals surface area contributed by atoms with Gasteiger partial charge in [-0.15, -0.1) is 0 Å². The predicted molar refractivity (Wildman–Crippen MR) is 200 cm³/mol. The second kappa shape index (κ2) is 11.7. The van der Waals surface area contributed by atoms with Crippen molar-refractivity contribution in [1.82, 2.24) is 9.55 Å². The monoisotopic (exact) mass is 726 g/mol. The van der Waals surface area contributed by atoms with E-state index in [4.69, 9.17) is 22.8 Å². The Hall–Kier alpha value is -3.04. The molecule has 11 heteroatoms. The topological polar surface area (TPSA) is 101 Å². The van der Waals surface area contributed by atoms with Crippen molar-refractivity contribution in [2.24, 2.45) is 0 Å². The summed E-state index contributed by atoms with van der Waals surface area (Å²) in [4.78, 5) is 27.3. The van der Waals surface area contributed by atoms with Crippen molar-refractivity contribution in [3.8, 4) is 11.5 Å². The molecule has 0 amide bonds. The summed E-state index contributed by atoms with van der Waals surface area (Å²) in [5.74, 6) is 0.462. The van der Waals surface area contributed by atoms with Gasteiger partial charge in [-0.1, -0.05) is 0 Å². The van der Waals surface area contributed by atoms with Crippen LogP contribution in [0.25, 0.3) is 0 Å². The summed E-state index contributed by atoms with van der Waals surface area (Å²) in [7, 11) is -6.03. The van der Waals surface area contributed by atoms with Gasteiger partial charge in [-0.3, -0.25) is 0 Å². The number of hydrogen-bond acceptors (Lipinski definition) is 7. The molecule has 0 radical (unpaired) electrons. The van der Waals surface area contributed by atoms with E-state index >= 15 is 4.20 Å². The van der Waals surface area contributed by atoms with Crippen molar-refractivity contribution in [1.29, 1.82) is 0 Å². The minimum atomic E-state index is -6.03. The number of rotatable bonds is 1. The molecule has 1 spiro atoms. The van der Waals surface area contributed by atoms with Crippen molar-refractivity contribution in [3.63, 3.8) is 0 Å². The quantitative estimate of drug-likeness (QED) is 0.250. The molecule has 51 heavy (non-hydrogen) atoms. The Morgan fingerprint density at radius 1 is 0.765 bits per heavy atom. The molecule has 0 bridgehead atoms. The first-order valence-corrected chi connectivity index (χ1v) is 19.8. The fourth-order valence-electron chi connectivity index (χ4n) is 7.08. The van der Waals surface area contributed by atoms with E-state index in [9.17, 15) is 9.59 Å². The van der Waals surface area contributed by atoms with E-state index in [-0.39, 0.29) is 29.8 Å². The Morgan fingerprint density at radius 2 is 1.25 bits per heavy atom. The number of nitrogens with one attached hydrogen (secondary N) is 1. The van der Waals surface area contributed by atoms with Crippen molar-refractivity contribution >= 4 is 7.82 Å².